The molecule has 0 saturated heterocycles. The molecular weight excluding hydrogens is 542 g/mol. The van der Waals surface area contributed by atoms with E-state index in [1.807, 2.05) is 0 Å². The molecule has 208 valence electrons. The van der Waals surface area contributed by atoms with Gasteiger partial charge in [0, 0.05) is 24.1 Å². The van der Waals surface area contributed by atoms with Crippen molar-refractivity contribution in [3.8, 4) is 11.4 Å². The molecule has 0 unspecified atom stereocenters. The van der Waals surface area contributed by atoms with Crippen LogP contribution in [-0.4, -0.2) is 22.0 Å². The monoisotopic (exact) mass is 561 g/mol. The molecule has 0 radical (unpaired) electrons. The molecule has 39 heavy (non-hydrogen) atoms. The first kappa shape index (κ1) is 28.2. The Morgan fingerprint density at radius 1 is 1.03 bits per heavy atom. The van der Waals surface area contributed by atoms with Crippen molar-refractivity contribution >= 4 is 5.91 Å². The number of H-pyrrole nitrogens is 1. The van der Waals surface area contributed by atoms with Gasteiger partial charge >= 0.3 is 12.4 Å². The summed E-state index contributed by atoms with van der Waals surface area (Å²) in [6, 6.07) is 6.98. The number of benzene rings is 2. The van der Waals surface area contributed by atoms with E-state index in [1.165, 1.54) is 18.2 Å². The van der Waals surface area contributed by atoms with Crippen LogP contribution in [0.5, 0.6) is 0 Å². The number of nitrogens with one attached hydrogen (secondary N) is 2. The van der Waals surface area contributed by atoms with E-state index in [1.54, 1.807) is 11.1 Å². The van der Waals surface area contributed by atoms with Crippen LogP contribution < -0.4 is 10.9 Å². The van der Waals surface area contributed by atoms with E-state index in [2.05, 4.69) is 10.3 Å². The third kappa shape index (κ3) is 6.61. The first-order valence-corrected chi connectivity index (χ1v) is 11.4. The predicted molar refractivity (Wildman–Crippen MR) is 120 cm³/mol. The number of ether oxygens (including phenoxy) is 1. The molecule has 1 saturated carbocycles. The lowest BCUT2D eigenvalue weighted by atomic mass is 9.81. The van der Waals surface area contributed by atoms with E-state index < -0.39 is 76.1 Å². The highest BCUT2D eigenvalue weighted by Gasteiger charge is 2.39. The highest BCUT2D eigenvalue weighted by molar-refractivity contribution is 5.79. The molecule has 1 heterocycles. The van der Waals surface area contributed by atoms with E-state index in [-0.39, 0.29) is 18.8 Å². The van der Waals surface area contributed by atoms with Gasteiger partial charge < -0.3 is 15.0 Å². The molecule has 14 heteroatoms. The van der Waals surface area contributed by atoms with E-state index in [0.29, 0.717) is 24.5 Å². The lowest BCUT2D eigenvalue weighted by Gasteiger charge is -2.34. The second kappa shape index (κ2) is 10.8. The molecule has 4 rings (SSSR count). The maximum absolute atomic E-state index is 15.3. The minimum Gasteiger partial charge on any atom is -0.373 e. The van der Waals surface area contributed by atoms with Gasteiger partial charge in [0.05, 0.1) is 23.8 Å². The van der Waals surface area contributed by atoms with Crippen molar-refractivity contribution in [3.63, 3.8) is 0 Å². The van der Waals surface area contributed by atoms with Crippen molar-refractivity contribution in [2.75, 3.05) is 0 Å². The number of amides is 1. The summed E-state index contributed by atoms with van der Waals surface area (Å²) in [4.78, 5) is 28.9. The van der Waals surface area contributed by atoms with Crippen molar-refractivity contribution < 1.29 is 44.7 Å². The van der Waals surface area contributed by atoms with Gasteiger partial charge in [0.15, 0.2) is 5.69 Å². The van der Waals surface area contributed by atoms with Crippen molar-refractivity contribution in [2.24, 2.45) is 5.92 Å². The summed E-state index contributed by atoms with van der Waals surface area (Å²) < 4.78 is 114. The summed E-state index contributed by atoms with van der Waals surface area (Å²) in [5.41, 5.74) is -6.14. The molecular formula is C25H19F8N3O3. The van der Waals surface area contributed by atoms with Crippen LogP contribution in [0.15, 0.2) is 47.3 Å². The number of hydrogen-bond acceptors (Lipinski definition) is 4. The molecule has 0 aliphatic heterocycles. The van der Waals surface area contributed by atoms with Crippen LogP contribution in [0.2, 0.25) is 0 Å². The van der Waals surface area contributed by atoms with Crippen LogP contribution >= 0.6 is 0 Å². The van der Waals surface area contributed by atoms with Gasteiger partial charge in [-0.05, 0) is 36.6 Å². The normalized spacial score (nSPS) is 17.5. The number of hydrogen-bond donors (Lipinski definition) is 2. The van der Waals surface area contributed by atoms with Crippen LogP contribution in [0.1, 0.15) is 35.2 Å². The van der Waals surface area contributed by atoms with Crippen LogP contribution in [0.4, 0.5) is 35.1 Å². The molecule has 6 nitrogen and oxygen atoms in total. The zero-order valence-electron chi connectivity index (χ0n) is 19.7. The number of aromatic nitrogens is 2. The zero-order valence-corrected chi connectivity index (χ0v) is 19.7. The Labute approximate surface area is 215 Å². The van der Waals surface area contributed by atoms with E-state index in [9.17, 15) is 40.3 Å². The Balaban J connectivity index is 1.46. The molecule has 1 amide bonds. The molecule has 1 aliphatic rings. The summed E-state index contributed by atoms with van der Waals surface area (Å²) in [7, 11) is 0. The molecule has 2 N–H and O–H groups in total. The Morgan fingerprint density at radius 2 is 1.74 bits per heavy atom. The standard InChI is InChI=1S/C25H19F8N3O3/c26-15-3-1-2-12(6-15)11-39-16-7-14(8-16)23(38)34-10-13-4-5-17(24(28,29)30)20(21(13)27)22-35-18(25(31,32)33)9-19(37)36-22/h1-6,9,14,16H,7-8,10-11H2,(H,34,38)(H,35,36,37)/t14-,16-. The van der Waals surface area contributed by atoms with Crippen molar-refractivity contribution in [1.29, 1.82) is 0 Å². The molecule has 1 aliphatic carbocycles. The predicted octanol–water partition coefficient (Wildman–Crippen LogP) is 5.36. The van der Waals surface area contributed by atoms with Gasteiger partial charge in [-0.1, -0.05) is 18.2 Å². The van der Waals surface area contributed by atoms with Gasteiger partial charge in [-0.2, -0.15) is 26.3 Å². The Bertz CT molecular complexity index is 1430. The summed E-state index contributed by atoms with van der Waals surface area (Å²) in [5, 5.41) is 2.39. The van der Waals surface area contributed by atoms with Gasteiger partial charge in [0.1, 0.15) is 17.5 Å². The van der Waals surface area contributed by atoms with Gasteiger partial charge in [-0.3, -0.25) is 9.59 Å². The molecule has 0 spiro atoms. The minimum absolute atomic E-state index is 0.0342. The minimum atomic E-state index is -5.20. The average molecular weight is 561 g/mol. The summed E-state index contributed by atoms with van der Waals surface area (Å²) in [5.74, 6) is -4.34. The zero-order chi connectivity index (χ0) is 28.5. The SMILES string of the molecule is O=c1cc(C(F)(F)F)nc(-c2c(C(F)(F)F)ccc(CNC(=O)[C@H]3C[C@H](OCc4cccc(F)c4)C3)c2F)[nH]1. The maximum atomic E-state index is 15.3. The molecule has 1 fully saturated rings. The van der Waals surface area contributed by atoms with E-state index >= 15 is 4.39 Å². The van der Waals surface area contributed by atoms with Crippen LogP contribution in [0.3, 0.4) is 0 Å². The molecule has 0 bridgehead atoms. The maximum Gasteiger partial charge on any atom is 0.433 e. The smallest absolute Gasteiger partial charge is 0.373 e. The fourth-order valence-corrected chi connectivity index (χ4v) is 4.03. The number of halogens is 8. The lowest BCUT2D eigenvalue weighted by Crippen LogP contribution is -2.42. The van der Waals surface area contributed by atoms with Crippen molar-refractivity contribution in [3.05, 3.63) is 86.8 Å². The van der Waals surface area contributed by atoms with Gasteiger partial charge in [-0.15, -0.1) is 0 Å². The second-order valence-electron chi connectivity index (χ2n) is 8.89. The number of carbonyl (C=O) groups excluding carboxylic acids is 1. The van der Waals surface area contributed by atoms with Crippen molar-refractivity contribution in [1.82, 2.24) is 15.3 Å². The molecule has 0 atom stereocenters. The van der Waals surface area contributed by atoms with E-state index in [0.717, 1.165) is 6.07 Å². The summed E-state index contributed by atoms with van der Waals surface area (Å²) in [6.07, 6.45) is -10.1. The number of alkyl halides is 6. The summed E-state index contributed by atoms with van der Waals surface area (Å²) >= 11 is 0. The third-order valence-corrected chi connectivity index (χ3v) is 6.09. The van der Waals surface area contributed by atoms with Crippen LogP contribution in [0, 0.1) is 17.6 Å². The molecule has 2 aromatic carbocycles. The van der Waals surface area contributed by atoms with Gasteiger partial charge in [-0.25, -0.2) is 13.8 Å². The van der Waals surface area contributed by atoms with Crippen molar-refractivity contribution in [2.45, 2.75) is 44.4 Å². The highest BCUT2D eigenvalue weighted by atomic mass is 19.4. The first-order valence-electron chi connectivity index (χ1n) is 11.4. The lowest BCUT2D eigenvalue weighted by molar-refractivity contribution is -0.141. The number of aromatic amines is 1. The Morgan fingerprint density at radius 3 is 2.38 bits per heavy atom. The topological polar surface area (TPSA) is 84.1 Å². The summed E-state index contributed by atoms with van der Waals surface area (Å²) in [6.45, 7) is -0.452. The quantitative estimate of drug-likeness (QED) is 0.381. The second-order valence-corrected chi connectivity index (χ2v) is 8.89. The first-order chi connectivity index (χ1) is 18.2. The van der Waals surface area contributed by atoms with Crippen LogP contribution in [0.25, 0.3) is 11.4 Å². The largest absolute Gasteiger partial charge is 0.433 e. The average Bonchev–Trinajstić information content (AvgIpc) is 2.80. The fourth-order valence-electron chi connectivity index (χ4n) is 4.03. The Kier molecular flexibility index (Phi) is 7.77. The van der Waals surface area contributed by atoms with Crippen LogP contribution in [-0.2, 0) is 35.0 Å². The fraction of sp³-hybridized carbons (Fsp3) is 0.320. The highest BCUT2D eigenvalue weighted by Crippen LogP contribution is 2.39. The Hall–Kier alpha value is -3.81. The van der Waals surface area contributed by atoms with Gasteiger partial charge in [0.2, 0.25) is 5.91 Å². The molecule has 3 aromatic rings. The number of nitrogens with zero attached hydrogens (tertiary/aromatic N) is 1. The number of rotatable bonds is 7. The molecule has 1 aromatic heterocycles. The third-order valence-electron chi connectivity index (χ3n) is 6.09. The van der Waals surface area contributed by atoms with Gasteiger partial charge in [0.25, 0.3) is 5.56 Å². The van der Waals surface area contributed by atoms with E-state index in [4.69, 9.17) is 4.74 Å². The number of carbonyl (C=O) groups is 1.